The fourth-order valence-corrected chi connectivity index (χ4v) is 5.69. The van der Waals surface area contributed by atoms with Crippen molar-refractivity contribution in [3.63, 3.8) is 0 Å². The Bertz CT molecular complexity index is 1190. The van der Waals surface area contributed by atoms with E-state index in [0.717, 1.165) is 28.1 Å². The number of hydrogen-bond donors (Lipinski definition) is 3. The Morgan fingerprint density at radius 2 is 2.25 bits per heavy atom. The van der Waals surface area contributed by atoms with Crippen LogP contribution >= 0.6 is 23.1 Å². The van der Waals surface area contributed by atoms with Crippen molar-refractivity contribution in [3.8, 4) is 5.75 Å². The van der Waals surface area contributed by atoms with Crippen LogP contribution in [0.5, 0.6) is 5.75 Å². The highest BCUT2D eigenvalue weighted by atomic mass is 32.2. The van der Waals surface area contributed by atoms with Crippen molar-refractivity contribution < 1.29 is 9.53 Å². The van der Waals surface area contributed by atoms with E-state index in [-0.39, 0.29) is 23.1 Å². The van der Waals surface area contributed by atoms with Gasteiger partial charge in [0.05, 0.1) is 30.6 Å². The quantitative estimate of drug-likeness (QED) is 0.470. The molecule has 2 aliphatic rings. The van der Waals surface area contributed by atoms with Crippen LogP contribution in [0.3, 0.4) is 0 Å². The van der Waals surface area contributed by atoms with E-state index in [9.17, 15) is 4.79 Å². The van der Waals surface area contributed by atoms with E-state index in [2.05, 4.69) is 35.9 Å². The summed E-state index contributed by atoms with van der Waals surface area (Å²) in [5.74, 6) is 1.56. The number of hydrazine groups is 1. The van der Waals surface area contributed by atoms with E-state index in [4.69, 9.17) is 10.5 Å². The van der Waals surface area contributed by atoms with Crippen LogP contribution < -0.4 is 26.2 Å². The third-order valence-corrected chi connectivity index (χ3v) is 7.30. The molecule has 0 aromatic carbocycles. The SMILES string of the molecule is COc1c(C)cnc(CN2NC3CC(C(=O)Nc4nncs4)Sc4nc(N)nc2c43)c1C. The van der Waals surface area contributed by atoms with Crippen molar-refractivity contribution in [2.75, 3.05) is 23.2 Å². The first-order chi connectivity index (χ1) is 15.4. The Kier molecular flexibility index (Phi) is 5.31. The van der Waals surface area contributed by atoms with Gasteiger partial charge in [-0.15, -0.1) is 10.2 Å². The zero-order valence-electron chi connectivity index (χ0n) is 17.6. The lowest BCUT2D eigenvalue weighted by atomic mass is 10.0. The lowest BCUT2D eigenvalue weighted by Crippen LogP contribution is -2.38. The maximum absolute atomic E-state index is 12.8. The van der Waals surface area contributed by atoms with Gasteiger partial charge in [-0.2, -0.15) is 4.98 Å². The molecule has 3 aromatic rings. The molecule has 0 saturated heterocycles. The molecular formula is C19H21N9O2S2. The van der Waals surface area contributed by atoms with Crippen molar-refractivity contribution in [1.29, 1.82) is 0 Å². The molecule has 13 heteroatoms. The molecule has 2 atom stereocenters. The number of carbonyl (C=O) groups is 1. The molecule has 11 nitrogen and oxygen atoms in total. The molecule has 0 fully saturated rings. The number of rotatable bonds is 5. The minimum atomic E-state index is -0.356. The van der Waals surface area contributed by atoms with Crippen LogP contribution in [0.4, 0.5) is 16.9 Å². The Morgan fingerprint density at radius 1 is 1.41 bits per heavy atom. The largest absolute Gasteiger partial charge is 0.496 e. The molecule has 0 aliphatic carbocycles. The standard InChI is InChI=1S/C19H21N9O2S2/c1-8-5-21-11(9(2)14(8)30-3)6-28-15-13-10(27-28)4-12(32-17(13)25-18(20)23-15)16(29)24-19-26-22-7-31-19/h5,7,10,12,27H,4,6H2,1-3H3,(H2,20,23,25)(H,24,26,29). The van der Waals surface area contributed by atoms with Crippen LogP contribution in [0.2, 0.25) is 0 Å². The van der Waals surface area contributed by atoms with Gasteiger partial charge in [0.1, 0.15) is 16.3 Å². The zero-order chi connectivity index (χ0) is 22.4. The molecule has 5 heterocycles. The second-order valence-corrected chi connectivity index (χ2v) is 9.54. The number of nitrogens with two attached hydrogens (primary N) is 1. The van der Waals surface area contributed by atoms with Gasteiger partial charge < -0.3 is 10.5 Å². The van der Waals surface area contributed by atoms with Crippen molar-refractivity contribution in [3.05, 3.63) is 34.1 Å². The number of ether oxygens (including phenoxy) is 1. The number of amides is 1. The number of aryl methyl sites for hydroxylation is 1. The fourth-order valence-electron chi connectivity index (χ4n) is 4.01. The number of nitrogens with zero attached hydrogens (tertiary/aromatic N) is 6. The minimum Gasteiger partial charge on any atom is -0.496 e. The van der Waals surface area contributed by atoms with Crippen LogP contribution in [0.25, 0.3) is 0 Å². The number of pyridine rings is 1. The first-order valence-electron chi connectivity index (χ1n) is 9.88. The number of nitrogens with one attached hydrogen (secondary N) is 2. The molecule has 3 aromatic heterocycles. The molecule has 0 bridgehead atoms. The van der Waals surface area contributed by atoms with E-state index in [0.29, 0.717) is 28.9 Å². The summed E-state index contributed by atoms with van der Waals surface area (Å²) in [4.78, 5) is 26.3. The summed E-state index contributed by atoms with van der Waals surface area (Å²) >= 11 is 2.67. The molecule has 4 N–H and O–H groups in total. The van der Waals surface area contributed by atoms with E-state index in [1.807, 2.05) is 18.9 Å². The van der Waals surface area contributed by atoms with Crippen molar-refractivity contribution in [1.82, 2.24) is 30.6 Å². The molecule has 2 unspecified atom stereocenters. The fraction of sp³-hybridized carbons (Fsp3) is 0.368. The van der Waals surface area contributed by atoms with Crippen molar-refractivity contribution in [2.24, 2.45) is 0 Å². The normalized spacial score (nSPS) is 19.0. The lowest BCUT2D eigenvalue weighted by Gasteiger charge is -2.26. The number of hydrogen-bond acceptors (Lipinski definition) is 12. The minimum absolute atomic E-state index is 0.111. The van der Waals surface area contributed by atoms with Crippen LogP contribution in [-0.2, 0) is 11.3 Å². The van der Waals surface area contributed by atoms with E-state index in [1.165, 1.54) is 23.1 Å². The maximum atomic E-state index is 12.8. The van der Waals surface area contributed by atoms with E-state index >= 15 is 0 Å². The van der Waals surface area contributed by atoms with Gasteiger partial charge in [-0.25, -0.2) is 10.4 Å². The van der Waals surface area contributed by atoms with Crippen molar-refractivity contribution >= 4 is 45.9 Å². The maximum Gasteiger partial charge on any atom is 0.239 e. The van der Waals surface area contributed by atoms with E-state index in [1.54, 1.807) is 18.8 Å². The highest BCUT2D eigenvalue weighted by Crippen LogP contribution is 2.47. The lowest BCUT2D eigenvalue weighted by molar-refractivity contribution is -0.116. The molecule has 0 radical (unpaired) electrons. The third-order valence-electron chi connectivity index (χ3n) is 5.47. The van der Waals surface area contributed by atoms with Gasteiger partial charge >= 0.3 is 0 Å². The molecular weight excluding hydrogens is 450 g/mol. The van der Waals surface area contributed by atoms with Gasteiger partial charge in [-0.3, -0.25) is 20.1 Å². The summed E-state index contributed by atoms with van der Waals surface area (Å²) in [6, 6.07) is -0.111. The number of anilines is 3. The third kappa shape index (κ3) is 3.61. The Morgan fingerprint density at radius 3 is 3.00 bits per heavy atom. The number of methoxy groups -OCH3 is 1. The number of nitrogen functional groups attached to an aromatic ring is 1. The van der Waals surface area contributed by atoms with Crippen LogP contribution in [0.15, 0.2) is 16.7 Å². The first-order valence-corrected chi connectivity index (χ1v) is 11.6. The van der Waals surface area contributed by atoms with Crippen LogP contribution in [0, 0.1) is 13.8 Å². The average molecular weight is 472 g/mol. The molecule has 0 spiro atoms. The predicted octanol–water partition coefficient (Wildman–Crippen LogP) is 2.00. The zero-order valence-corrected chi connectivity index (χ0v) is 19.3. The number of aromatic nitrogens is 5. The van der Waals surface area contributed by atoms with Gasteiger partial charge in [-0.1, -0.05) is 23.1 Å². The van der Waals surface area contributed by atoms with Gasteiger partial charge in [0.25, 0.3) is 0 Å². The van der Waals surface area contributed by atoms with Gasteiger partial charge in [0.15, 0.2) is 5.82 Å². The topological polar surface area (TPSA) is 144 Å². The molecule has 32 heavy (non-hydrogen) atoms. The van der Waals surface area contributed by atoms with Crippen LogP contribution in [0.1, 0.15) is 34.8 Å². The molecule has 166 valence electrons. The molecule has 1 amide bonds. The van der Waals surface area contributed by atoms with Gasteiger partial charge in [0.2, 0.25) is 17.0 Å². The monoisotopic (exact) mass is 471 g/mol. The number of carbonyl (C=O) groups excluding carboxylic acids is 1. The summed E-state index contributed by atoms with van der Waals surface area (Å²) in [6.07, 6.45) is 2.37. The first kappa shape index (κ1) is 20.8. The number of thioether (sulfide) groups is 1. The van der Waals surface area contributed by atoms with Gasteiger partial charge in [0, 0.05) is 22.9 Å². The van der Waals surface area contributed by atoms with Crippen LogP contribution in [-0.4, -0.2) is 43.4 Å². The summed E-state index contributed by atoms with van der Waals surface area (Å²) in [7, 11) is 1.66. The second-order valence-electron chi connectivity index (χ2n) is 7.51. The predicted molar refractivity (Wildman–Crippen MR) is 122 cm³/mol. The Hall–Kier alpha value is -3.03. The Balaban J connectivity index is 1.42. The highest BCUT2D eigenvalue weighted by molar-refractivity contribution is 8.00. The summed E-state index contributed by atoms with van der Waals surface area (Å²) in [5.41, 5.74) is 14.8. The molecule has 0 saturated carbocycles. The molecule has 5 rings (SSSR count). The summed E-state index contributed by atoms with van der Waals surface area (Å²) < 4.78 is 5.54. The summed E-state index contributed by atoms with van der Waals surface area (Å²) in [6.45, 7) is 4.42. The average Bonchev–Trinajstić information content (AvgIpc) is 3.39. The highest BCUT2D eigenvalue weighted by Gasteiger charge is 2.42. The summed E-state index contributed by atoms with van der Waals surface area (Å²) in [5, 5.41) is 13.2. The smallest absolute Gasteiger partial charge is 0.239 e. The van der Waals surface area contributed by atoms with E-state index < -0.39 is 0 Å². The molecule has 2 aliphatic heterocycles. The van der Waals surface area contributed by atoms with Crippen molar-refractivity contribution in [2.45, 2.75) is 43.1 Å². The second kappa shape index (κ2) is 8.15. The Labute approximate surface area is 192 Å². The van der Waals surface area contributed by atoms with Gasteiger partial charge in [-0.05, 0) is 20.3 Å².